The molecule has 3 heterocycles. The number of rotatable bonds is 5. The number of carbonyl (C=O) groups excluding carboxylic acids is 1. The van der Waals surface area contributed by atoms with Crippen LogP contribution < -0.4 is 19.8 Å². The van der Waals surface area contributed by atoms with Gasteiger partial charge in [0.1, 0.15) is 17.6 Å². The zero-order valence-electron chi connectivity index (χ0n) is 20.3. The Hall–Kier alpha value is -3.49. The van der Waals surface area contributed by atoms with Gasteiger partial charge in [0.25, 0.3) is 5.56 Å². The Balaban J connectivity index is 1.64. The predicted molar refractivity (Wildman–Crippen MR) is 147 cm³/mol. The molecule has 0 N–H and O–H groups in total. The Morgan fingerprint density at radius 1 is 1.08 bits per heavy atom. The lowest BCUT2D eigenvalue weighted by atomic mass is 9.98. The van der Waals surface area contributed by atoms with E-state index in [2.05, 4.69) is 20.9 Å². The molecular formula is C28H24BrN3O3S. The van der Waals surface area contributed by atoms with Gasteiger partial charge in [-0.15, -0.1) is 0 Å². The fourth-order valence-corrected chi connectivity index (χ4v) is 5.64. The number of thiazole rings is 1. The quantitative estimate of drug-likeness (QED) is 0.347. The lowest BCUT2D eigenvalue weighted by Gasteiger charge is -2.22. The molecule has 0 unspecified atom stereocenters. The number of anilines is 1. The van der Waals surface area contributed by atoms with Crippen molar-refractivity contribution in [2.24, 2.45) is 4.99 Å². The average molecular weight is 562 g/mol. The molecular weight excluding hydrogens is 538 g/mol. The number of aromatic nitrogens is 1. The van der Waals surface area contributed by atoms with Crippen LogP contribution in [0.2, 0.25) is 0 Å². The highest BCUT2D eigenvalue weighted by Crippen LogP contribution is 2.34. The highest BCUT2D eigenvalue weighted by molar-refractivity contribution is 9.10. The maximum absolute atomic E-state index is 13.7. The van der Waals surface area contributed by atoms with Gasteiger partial charge in [0, 0.05) is 41.1 Å². The van der Waals surface area contributed by atoms with Crippen LogP contribution in [0, 0.1) is 0 Å². The molecule has 1 atom stereocenters. The Bertz CT molecular complexity index is 1670. The van der Waals surface area contributed by atoms with Crippen LogP contribution in [0.1, 0.15) is 31.2 Å². The number of hydrogen-bond donors (Lipinski definition) is 0. The molecule has 1 aliphatic rings. The average Bonchev–Trinajstić information content (AvgIpc) is 3.44. The molecule has 182 valence electrons. The molecule has 0 aliphatic carbocycles. The maximum Gasteiger partial charge on any atom is 0.271 e. The van der Waals surface area contributed by atoms with E-state index in [0.717, 1.165) is 21.3 Å². The molecule has 0 bridgehead atoms. The zero-order chi connectivity index (χ0) is 25.6. The molecule has 0 amide bonds. The SMILES string of the molecule is CC(=O)C1=C(C)N=c2s/c(=C/c3ccc(N(C)C)cc3)c(=O)n2[C@@H]1c1ccc(-c2ccc(Br)cc2)o1. The highest BCUT2D eigenvalue weighted by atomic mass is 79.9. The van der Waals surface area contributed by atoms with Crippen LogP contribution in [0.3, 0.4) is 0 Å². The Kier molecular flexibility index (Phi) is 6.40. The molecule has 0 saturated heterocycles. The monoisotopic (exact) mass is 561 g/mol. The molecule has 2 aromatic heterocycles. The van der Waals surface area contributed by atoms with E-state index in [9.17, 15) is 9.59 Å². The third-order valence-corrected chi connectivity index (χ3v) is 7.64. The van der Waals surface area contributed by atoms with Crippen molar-refractivity contribution in [2.45, 2.75) is 19.9 Å². The Morgan fingerprint density at radius 2 is 1.78 bits per heavy atom. The normalized spacial score (nSPS) is 15.6. The van der Waals surface area contributed by atoms with Crippen LogP contribution in [0.5, 0.6) is 0 Å². The van der Waals surface area contributed by atoms with Gasteiger partial charge in [-0.3, -0.25) is 14.2 Å². The summed E-state index contributed by atoms with van der Waals surface area (Å²) in [7, 11) is 3.97. The summed E-state index contributed by atoms with van der Waals surface area (Å²) in [5.74, 6) is 1.05. The molecule has 2 aromatic carbocycles. The number of Topliss-reactive ketones (excluding diaryl/α,β-unsaturated/α-hetero) is 1. The van der Waals surface area contributed by atoms with Crippen molar-refractivity contribution < 1.29 is 9.21 Å². The summed E-state index contributed by atoms with van der Waals surface area (Å²) in [5, 5.41) is 0. The van der Waals surface area contributed by atoms with Crippen LogP contribution in [-0.2, 0) is 4.79 Å². The molecule has 36 heavy (non-hydrogen) atoms. The lowest BCUT2D eigenvalue weighted by molar-refractivity contribution is -0.114. The van der Waals surface area contributed by atoms with Gasteiger partial charge in [-0.1, -0.05) is 51.5 Å². The van der Waals surface area contributed by atoms with E-state index in [1.807, 2.05) is 85.7 Å². The minimum atomic E-state index is -0.679. The van der Waals surface area contributed by atoms with Crippen molar-refractivity contribution in [3.05, 3.63) is 107 Å². The highest BCUT2D eigenvalue weighted by Gasteiger charge is 2.33. The fraction of sp³-hybridized carbons (Fsp3) is 0.179. The van der Waals surface area contributed by atoms with Crippen molar-refractivity contribution in [3.63, 3.8) is 0 Å². The summed E-state index contributed by atoms with van der Waals surface area (Å²) in [4.78, 5) is 33.6. The van der Waals surface area contributed by atoms with Crippen LogP contribution >= 0.6 is 27.3 Å². The Morgan fingerprint density at radius 3 is 2.42 bits per heavy atom. The molecule has 1 aliphatic heterocycles. The third-order valence-electron chi connectivity index (χ3n) is 6.13. The zero-order valence-corrected chi connectivity index (χ0v) is 22.7. The first-order valence-corrected chi connectivity index (χ1v) is 13.0. The lowest BCUT2D eigenvalue weighted by Crippen LogP contribution is -2.39. The van der Waals surface area contributed by atoms with Gasteiger partial charge in [-0.25, -0.2) is 4.99 Å². The second-order valence-electron chi connectivity index (χ2n) is 8.83. The smallest absolute Gasteiger partial charge is 0.271 e. The molecule has 4 aromatic rings. The number of halogens is 1. The number of allylic oxidation sites excluding steroid dienone is 2. The number of benzene rings is 2. The third kappa shape index (κ3) is 4.42. The summed E-state index contributed by atoms with van der Waals surface area (Å²) in [6, 6.07) is 18.8. The fourth-order valence-electron chi connectivity index (χ4n) is 4.33. The predicted octanol–water partition coefficient (Wildman–Crippen LogP) is 4.91. The van der Waals surface area contributed by atoms with E-state index < -0.39 is 6.04 Å². The number of furan rings is 1. The summed E-state index contributed by atoms with van der Waals surface area (Å²) in [6.45, 7) is 3.31. The molecule has 5 rings (SSSR count). The van der Waals surface area contributed by atoms with Crippen molar-refractivity contribution in [3.8, 4) is 11.3 Å². The molecule has 0 fully saturated rings. The number of ketones is 1. The first-order chi connectivity index (χ1) is 17.2. The number of fused-ring (bicyclic) bond motifs is 1. The van der Waals surface area contributed by atoms with Crippen molar-refractivity contribution in [1.29, 1.82) is 0 Å². The van der Waals surface area contributed by atoms with Crippen LogP contribution in [0.4, 0.5) is 5.69 Å². The van der Waals surface area contributed by atoms with E-state index >= 15 is 0 Å². The van der Waals surface area contributed by atoms with E-state index in [1.54, 1.807) is 11.5 Å². The minimum Gasteiger partial charge on any atom is -0.458 e. The Labute approximate surface area is 220 Å². The first-order valence-electron chi connectivity index (χ1n) is 11.4. The first kappa shape index (κ1) is 24.2. The summed E-state index contributed by atoms with van der Waals surface area (Å²) < 4.78 is 9.34. The van der Waals surface area contributed by atoms with Crippen molar-refractivity contribution in [2.75, 3.05) is 19.0 Å². The van der Waals surface area contributed by atoms with Gasteiger partial charge in [-0.05, 0) is 61.9 Å². The maximum atomic E-state index is 13.7. The van der Waals surface area contributed by atoms with Crippen LogP contribution in [0.15, 0.2) is 90.6 Å². The molecule has 8 heteroatoms. The molecule has 6 nitrogen and oxygen atoms in total. The standard InChI is InChI=1S/C28H24BrN3O3S/c1-16-25(17(2)33)26(23-14-13-22(35-23)19-7-9-20(29)10-8-19)32-27(34)24(36-28(32)30-16)15-18-5-11-21(12-6-18)31(3)4/h5-15,26H,1-4H3/b24-15+/t26-/m1/s1. The van der Waals surface area contributed by atoms with E-state index in [1.165, 1.54) is 18.3 Å². The molecule has 0 radical (unpaired) electrons. The van der Waals surface area contributed by atoms with Gasteiger partial charge in [0.2, 0.25) is 0 Å². The molecule has 0 spiro atoms. The van der Waals surface area contributed by atoms with Gasteiger partial charge in [-0.2, -0.15) is 0 Å². The number of hydrogen-bond acceptors (Lipinski definition) is 6. The second-order valence-corrected chi connectivity index (χ2v) is 10.8. The van der Waals surface area contributed by atoms with E-state index in [-0.39, 0.29) is 11.3 Å². The van der Waals surface area contributed by atoms with Gasteiger partial charge < -0.3 is 9.32 Å². The van der Waals surface area contributed by atoms with Crippen molar-refractivity contribution in [1.82, 2.24) is 4.57 Å². The van der Waals surface area contributed by atoms with E-state index in [4.69, 9.17) is 4.42 Å². The topological polar surface area (TPSA) is 67.8 Å². The largest absolute Gasteiger partial charge is 0.458 e. The summed E-state index contributed by atoms with van der Waals surface area (Å²) >= 11 is 4.76. The van der Waals surface area contributed by atoms with Gasteiger partial charge in [0.05, 0.1) is 4.53 Å². The van der Waals surface area contributed by atoms with Gasteiger partial charge >= 0.3 is 0 Å². The number of nitrogens with zero attached hydrogens (tertiary/aromatic N) is 3. The summed E-state index contributed by atoms with van der Waals surface area (Å²) in [6.07, 6.45) is 1.86. The van der Waals surface area contributed by atoms with Gasteiger partial charge in [0.15, 0.2) is 10.6 Å². The van der Waals surface area contributed by atoms with Crippen molar-refractivity contribution >= 4 is 44.8 Å². The van der Waals surface area contributed by atoms with Crippen LogP contribution in [-0.4, -0.2) is 24.4 Å². The summed E-state index contributed by atoms with van der Waals surface area (Å²) in [5.41, 5.74) is 3.75. The van der Waals surface area contributed by atoms with E-state index in [0.29, 0.717) is 32.1 Å². The minimum absolute atomic E-state index is 0.142. The molecule has 0 saturated carbocycles. The van der Waals surface area contributed by atoms with Crippen LogP contribution in [0.25, 0.3) is 17.4 Å². The number of carbonyl (C=O) groups is 1. The second kappa shape index (κ2) is 9.52.